The van der Waals surface area contributed by atoms with Crippen molar-refractivity contribution in [1.29, 1.82) is 0 Å². The lowest BCUT2D eigenvalue weighted by Gasteiger charge is -2.29. The van der Waals surface area contributed by atoms with E-state index in [0.717, 1.165) is 37.5 Å². The summed E-state index contributed by atoms with van der Waals surface area (Å²) in [5.41, 5.74) is 1.02. The predicted octanol–water partition coefficient (Wildman–Crippen LogP) is 2.81. The number of carbonyl (C=O) groups is 1. The fourth-order valence-corrected chi connectivity index (χ4v) is 4.28. The van der Waals surface area contributed by atoms with E-state index in [-0.39, 0.29) is 23.3 Å². The van der Waals surface area contributed by atoms with Gasteiger partial charge in [0.05, 0.1) is 4.90 Å². The van der Waals surface area contributed by atoms with Gasteiger partial charge in [0.15, 0.2) is 0 Å². The quantitative estimate of drug-likeness (QED) is 0.822. The fourth-order valence-electron chi connectivity index (χ4n) is 2.96. The van der Waals surface area contributed by atoms with Crippen LogP contribution in [0.5, 0.6) is 0 Å². The largest absolute Gasteiger partial charge is 0.303 e. The molecule has 0 unspecified atom stereocenters. The van der Waals surface area contributed by atoms with Crippen LogP contribution in [0.1, 0.15) is 44.1 Å². The monoisotopic (exact) mass is 309 g/mol. The predicted molar refractivity (Wildman–Crippen MR) is 82.5 cm³/mol. The Morgan fingerprint density at radius 2 is 1.81 bits per heavy atom. The Hall–Kier alpha value is -1.20. The Morgan fingerprint density at radius 3 is 2.38 bits per heavy atom. The van der Waals surface area contributed by atoms with Gasteiger partial charge in [-0.15, -0.1) is 0 Å². The third-order valence-corrected chi connectivity index (χ3v) is 5.71. The van der Waals surface area contributed by atoms with Crippen LogP contribution in [0.25, 0.3) is 0 Å². The van der Waals surface area contributed by atoms with Crippen molar-refractivity contribution in [2.75, 3.05) is 0 Å². The Labute approximate surface area is 127 Å². The van der Waals surface area contributed by atoms with Gasteiger partial charge in [-0.05, 0) is 37.8 Å². The highest BCUT2D eigenvalue weighted by Crippen LogP contribution is 2.28. The third-order valence-electron chi connectivity index (χ3n) is 4.21. The topological polar surface area (TPSA) is 63.2 Å². The second-order valence-corrected chi connectivity index (χ2v) is 7.56. The first-order valence-corrected chi connectivity index (χ1v) is 9.04. The molecule has 1 aromatic rings. The fraction of sp³-hybridized carbons (Fsp3) is 0.562. The van der Waals surface area contributed by atoms with Crippen molar-refractivity contribution >= 4 is 16.3 Å². The van der Waals surface area contributed by atoms with E-state index in [0.29, 0.717) is 0 Å². The second-order valence-electron chi connectivity index (χ2n) is 5.84. The molecule has 1 N–H and O–H groups in total. The van der Waals surface area contributed by atoms with E-state index in [2.05, 4.69) is 4.72 Å². The van der Waals surface area contributed by atoms with Crippen molar-refractivity contribution in [3.63, 3.8) is 0 Å². The molecular weight excluding hydrogens is 286 g/mol. The number of hydrogen-bond donors (Lipinski definition) is 1. The molecule has 0 heterocycles. The second kappa shape index (κ2) is 7.18. The van der Waals surface area contributed by atoms with Crippen molar-refractivity contribution in [2.45, 2.75) is 56.4 Å². The van der Waals surface area contributed by atoms with E-state index >= 15 is 0 Å². The highest BCUT2D eigenvalue weighted by atomic mass is 32.2. The standard InChI is InChI=1S/C16H23NO3S/c1-13-7-9-15(10-8-13)21(19,20)17-16(11-12-18)14-5-3-2-4-6-14/h7-10,12,14,16-17H,2-6,11H2,1H3/t16-/m0/s1. The molecule has 1 saturated carbocycles. The molecule has 21 heavy (non-hydrogen) atoms. The van der Waals surface area contributed by atoms with Gasteiger partial charge in [-0.3, -0.25) is 0 Å². The zero-order chi connectivity index (χ0) is 15.3. The summed E-state index contributed by atoms with van der Waals surface area (Å²) in [6.45, 7) is 1.92. The highest BCUT2D eigenvalue weighted by Gasteiger charge is 2.27. The first-order valence-electron chi connectivity index (χ1n) is 7.55. The Morgan fingerprint density at radius 1 is 1.19 bits per heavy atom. The van der Waals surface area contributed by atoms with Gasteiger partial charge in [-0.2, -0.15) is 0 Å². The molecule has 0 aromatic heterocycles. The molecule has 5 heteroatoms. The molecule has 116 valence electrons. The number of sulfonamides is 1. The van der Waals surface area contributed by atoms with Crippen molar-refractivity contribution in [1.82, 2.24) is 4.72 Å². The summed E-state index contributed by atoms with van der Waals surface area (Å²) in [4.78, 5) is 11.2. The summed E-state index contributed by atoms with van der Waals surface area (Å²) < 4.78 is 27.6. The number of rotatable bonds is 6. The van der Waals surface area contributed by atoms with Gasteiger partial charge in [0.25, 0.3) is 0 Å². The number of hydrogen-bond acceptors (Lipinski definition) is 3. The van der Waals surface area contributed by atoms with E-state index in [4.69, 9.17) is 0 Å². The van der Waals surface area contributed by atoms with Crippen LogP contribution in [0, 0.1) is 12.8 Å². The van der Waals surface area contributed by atoms with E-state index < -0.39 is 10.0 Å². The molecule has 4 nitrogen and oxygen atoms in total. The van der Waals surface area contributed by atoms with Gasteiger partial charge < -0.3 is 4.79 Å². The van der Waals surface area contributed by atoms with Gasteiger partial charge in [0, 0.05) is 12.5 Å². The van der Waals surface area contributed by atoms with E-state index in [9.17, 15) is 13.2 Å². The molecule has 2 rings (SSSR count). The number of aryl methyl sites for hydroxylation is 1. The zero-order valence-corrected chi connectivity index (χ0v) is 13.2. The van der Waals surface area contributed by atoms with Crippen LogP contribution >= 0.6 is 0 Å². The van der Waals surface area contributed by atoms with Crippen LogP contribution in [0.3, 0.4) is 0 Å². The summed E-state index contributed by atoms with van der Waals surface area (Å²) in [5, 5.41) is 0. The molecule has 1 atom stereocenters. The van der Waals surface area contributed by atoms with Gasteiger partial charge in [0.2, 0.25) is 10.0 Å². The summed E-state index contributed by atoms with van der Waals surface area (Å²) in [5.74, 6) is 0.268. The Bertz CT molecular complexity index is 560. The SMILES string of the molecule is Cc1ccc(S(=O)(=O)N[C@@H](CC=O)C2CCCCC2)cc1. The normalized spacial score (nSPS) is 18.3. The molecule has 0 amide bonds. The number of carbonyl (C=O) groups excluding carboxylic acids is 1. The molecule has 0 aliphatic heterocycles. The Balaban J connectivity index is 2.14. The van der Waals surface area contributed by atoms with Crippen LogP contribution in [-0.4, -0.2) is 20.7 Å². The summed E-state index contributed by atoms with van der Waals surface area (Å²) in [6, 6.07) is 6.50. The number of aldehydes is 1. The Kier molecular flexibility index (Phi) is 5.53. The lowest BCUT2D eigenvalue weighted by Crippen LogP contribution is -2.41. The molecular formula is C16H23NO3S. The van der Waals surface area contributed by atoms with Crippen LogP contribution in [0.2, 0.25) is 0 Å². The maximum Gasteiger partial charge on any atom is 0.240 e. The molecule has 0 radical (unpaired) electrons. The summed E-state index contributed by atoms with van der Waals surface area (Å²) >= 11 is 0. The summed E-state index contributed by atoms with van der Waals surface area (Å²) in [7, 11) is -3.56. The van der Waals surface area contributed by atoms with Crippen LogP contribution in [0.4, 0.5) is 0 Å². The number of nitrogens with one attached hydrogen (secondary N) is 1. The maximum atomic E-state index is 12.4. The first kappa shape index (κ1) is 16.2. The third kappa shape index (κ3) is 4.38. The smallest absolute Gasteiger partial charge is 0.240 e. The minimum atomic E-state index is -3.56. The van der Waals surface area contributed by atoms with Crippen molar-refractivity contribution in [3.05, 3.63) is 29.8 Å². The molecule has 1 aliphatic carbocycles. The van der Waals surface area contributed by atoms with Crippen molar-refractivity contribution < 1.29 is 13.2 Å². The van der Waals surface area contributed by atoms with Gasteiger partial charge in [-0.25, -0.2) is 13.1 Å². The van der Waals surface area contributed by atoms with E-state index in [1.807, 2.05) is 6.92 Å². The minimum Gasteiger partial charge on any atom is -0.303 e. The zero-order valence-electron chi connectivity index (χ0n) is 12.4. The maximum absolute atomic E-state index is 12.4. The van der Waals surface area contributed by atoms with E-state index in [1.54, 1.807) is 24.3 Å². The van der Waals surface area contributed by atoms with Crippen LogP contribution in [-0.2, 0) is 14.8 Å². The van der Waals surface area contributed by atoms with Gasteiger partial charge in [-0.1, -0.05) is 37.0 Å². The van der Waals surface area contributed by atoms with Crippen molar-refractivity contribution in [3.8, 4) is 0 Å². The van der Waals surface area contributed by atoms with E-state index in [1.165, 1.54) is 6.42 Å². The molecule has 0 saturated heterocycles. The van der Waals surface area contributed by atoms with Gasteiger partial charge in [0.1, 0.15) is 6.29 Å². The first-order chi connectivity index (χ1) is 10.0. The van der Waals surface area contributed by atoms with Gasteiger partial charge >= 0.3 is 0 Å². The lowest BCUT2D eigenvalue weighted by atomic mass is 9.83. The molecule has 1 aromatic carbocycles. The molecule has 0 bridgehead atoms. The molecule has 1 fully saturated rings. The van der Waals surface area contributed by atoms with Crippen LogP contribution in [0.15, 0.2) is 29.2 Å². The van der Waals surface area contributed by atoms with Crippen LogP contribution < -0.4 is 4.72 Å². The average molecular weight is 309 g/mol. The minimum absolute atomic E-state index is 0.246. The average Bonchev–Trinajstić information content (AvgIpc) is 2.48. The summed E-state index contributed by atoms with van der Waals surface area (Å²) in [6.07, 6.45) is 6.49. The lowest BCUT2D eigenvalue weighted by molar-refractivity contribution is -0.108. The molecule has 1 aliphatic rings. The highest BCUT2D eigenvalue weighted by molar-refractivity contribution is 7.89. The molecule has 0 spiro atoms. The van der Waals surface area contributed by atoms with Crippen molar-refractivity contribution in [2.24, 2.45) is 5.92 Å². The number of benzene rings is 1.